The molecule has 2 aromatic rings. The molecule has 1 fully saturated rings. The smallest absolute Gasteiger partial charge is 0.328 e. The lowest BCUT2D eigenvalue weighted by Gasteiger charge is -2.30. The molecule has 0 amide bonds. The molecule has 0 saturated carbocycles. The minimum atomic E-state index is -1.26. The molecule has 0 spiro atoms. The van der Waals surface area contributed by atoms with Gasteiger partial charge >= 0.3 is 11.9 Å². The molecule has 7 nitrogen and oxygen atoms in total. The van der Waals surface area contributed by atoms with Gasteiger partial charge in [0, 0.05) is 47.3 Å². The van der Waals surface area contributed by atoms with E-state index in [2.05, 4.69) is 72.4 Å². The Hall–Kier alpha value is -3.07. The first-order valence-electron chi connectivity index (χ1n) is 11.1. The van der Waals surface area contributed by atoms with E-state index < -0.39 is 11.9 Å². The number of carboxylic acid groups (broad SMARTS) is 2. The first-order valence-corrected chi connectivity index (χ1v) is 11.9. The lowest BCUT2D eigenvalue weighted by molar-refractivity contribution is -0.134. The van der Waals surface area contributed by atoms with Crippen molar-refractivity contribution in [3.8, 4) is 0 Å². The number of hydrogen-bond donors (Lipinski definition) is 2. The third-order valence-electron chi connectivity index (χ3n) is 5.32. The maximum Gasteiger partial charge on any atom is 0.328 e. The van der Waals surface area contributed by atoms with Crippen molar-refractivity contribution in [1.82, 2.24) is 4.90 Å². The number of ether oxygens (including phenoxy) is 1. The summed E-state index contributed by atoms with van der Waals surface area (Å²) in [5.41, 5.74) is 5.43. The number of benzene rings is 2. The van der Waals surface area contributed by atoms with Crippen LogP contribution in [-0.2, 0) is 14.3 Å². The quantitative estimate of drug-likeness (QED) is 0.508. The number of hydrogen-bond acceptors (Lipinski definition) is 6. The van der Waals surface area contributed by atoms with Gasteiger partial charge in [-0.2, -0.15) is 0 Å². The molecule has 2 heterocycles. The number of morpholine rings is 1. The van der Waals surface area contributed by atoms with E-state index in [0.29, 0.717) is 12.2 Å². The number of carboxylic acids is 2. The van der Waals surface area contributed by atoms with Gasteiger partial charge in [0.1, 0.15) is 0 Å². The standard InChI is InChI=1S/C22H26N2OS.C4H4O4/c1-23(2)11-5-7-18-19-6-3-4-8-21(19)26-22-10-9-17(16-20(18)22)24-12-14-25-15-13-24;5-3(6)1-2-4(7)8/h3-4,6-10,16H,5,11-15H2,1-2H3;1-2H,(H,5,6)(H,7,8)/b18-7-;2-1-. The minimum absolute atomic E-state index is 0.558. The van der Waals surface area contributed by atoms with Gasteiger partial charge in [-0.05, 0) is 61.5 Å². The van der Waals surface area contributed by atoms with Crippen LogP contribution in [0.15, 0.2) is 70.5 Å². The predicted molar refractivity (Wildman–Crippen MR) is 135 cm³/mol. The fourth-order valence-corrected chi connectivity index (χ4v) is 4.79. The number of fused-ring (bicyclic) bond motifs is 2. The van der Waals surface area contributed by atoms with Gasteiger partial charge in [-0.1, -0.05) is 36.0 Å². The summed E-state index contributed by atoms with van der Waals surface area (Å²) in [5, 5.41) is 15.6. The molecule has 0 radical (unpaired) electrons. The van der Waals surface area contributed by atoms with Crippen LogP contribution >= 0.6 is 11.8 Å². The Morgan fingerprint density at radius 3 is 2.29 bits per heavy atom. The largest absolute Gasteiger partial charge is 0.478 e. The molecule has 4 rings (SSSR count). The van der Waals surface area contributed by atoms with Crippen LogP contribution in [0.4, 0.5) is 5.69 Å². The topological polar surface area (TPSA) is 90.3 Å². The molecule has 180 valence electrons. The lowest BCUT2D eigenvalue weighted by atomic mass is 9.95. The van der Waals surface area contributed by atoms with Crippen LogP contribution in [0.1, 0.15) is 17.5 Å². The summed E-state index contributed by atoms with van der Waals surface area (Å²) in [6.07, 6.45) is 4.59. The second kappa shape index (κ2) is 12.4. The predicted octanol–water partition coefficient (Wildman–Crippen LogP) is 4.08. The van der Waals surface area contributed by atoms with E-state index in [0.717, 1.165) is 39.3 Å². The van der Waals surface area contributed by atoms with Crippen molar-refractivity contribution in [2.75, 3.05) is 51.8 Å². The van der Waals surface area contributed by atoms with Gasteiger partial charge in [0.25, 0.3) is 0 Å². The molecule has 0 aliphatic carbocycles. The first kappa shape index (κ1) is 25.6. The number of carbonyl (C=O) groups is 2. The van der Waals surface area contributed by atoms with E-state index in [-0.39, 0.29) is 0 Å². The Morgan fingerprint density at radius 1 is 1.00 bits per heavy atom. The zero-order chi connectivity index (χ0) is 24.5. The highest BCUT2D eigenvalue weighted by Crippen LogP contribution is 2.46. The van der Waals surface area contributed by atoms with Crippen molar-refractivity contribution >= 4 is 35.0 Å². The van der Waals surface area contributed by atoms with Crippen LogP contribution in [0, 0.1) is 0 Å². The number of rotatable bonds is 6. The minimum Gasteiger partial charge on any atom is -0.478 e. The van der Waals surface area contributed by atoms with Crippen molar-refractivity contribution in [2.24, 2.45) is 0 Å². The SMILES string of the molecule is CN(C)CC/C=C1/c2ccccc2Sc2ccc(N3CCOCC3)cc21.O=C(O)/C=C\C(=O)O. The van der Waals surface area contributed by atoms with Crippen molar-refractivity contribution in [3.05, 3.63) is 71.8 Å². The molecule has 0 unspecified atom stereocenters. The average Bonchev–Trinajstić information content (AvgIpc) is 2.83. The van der Waals surface area contributed by atoms with Crippen LogP contribution in [-0.4, -0.2) is 74.0 Å². The van der Waals surface area contributed by atoms with Gasteiger partial charge in [0.2, 0.25) is 0 Å². The highest BCUT2D eigenvalue weighted by molar-refractivity contribution is 7.99. The fourth-order valence-electron chi connectivity index (χ4n) is 3.71. The Morgan fingerprint density at radius 2 is 1.65 bits per heavy atom. The second-order valence-electron chi connectivity index (χ2n) is 8.10. The molecular weight excluding hydrogens is 452 g/mol. The summed E-state index contributed by atoms with van der Waals surface area (Å²) < 4.78 is 5.52. The molecule has 2 aliphatic heterocycles. The summed E-state index contributed by atoms with van der Waals surface area (Å²) in [5.74, 6) is -2.51. The van der Waals surface area contributed by atoms with E-state index in [1.165, 1.54) is 32.2 Å². The van der Waals surface area contributed by atoms with Gasteiger partial charge in [0.05, 0.1) is 13.2 Å². The van der Waals surface area contributed by atoms with Crippen molar-refractivity contribution in [3.63, 3.8) is 0 Å². The Labute approximate surface area is 204 Å². The van der Waals surface area contributed by atoms with Gasteiger partial charge in [-0.15, -0.1) is 0 Å². The van der Waals surface area contributed by atoms with Crippen LogP contribution in [0.3, 0.4) is 0 Å². The van der Waals surface area contributed by atoms with E-state index in [4.69, 9.17) is 14.9 Å². The third kappa shape index (κ3) is 7.21. The van der Waals surface area contributed by atoms with Crippen molar-refractivity contribution in [1.29, 1.82) is 0 Å². The van der Waals surface area contributed by atoms with Crippen molar-refractivity contribution < 1.29 is 24.5 Å². The van der Waals surface area contributed by atoms with Crippen LogP contribution in [0.25, 0.3) is 5.57 Å². The van der Waals surface area contributed by atoms with Gasteiger partial charge in [-0.25, -0.2) is 9.59 Å². The van der Waals surface area contributed by atoms with E-state index >= 15 is 0 Å². The van der Waals surface area contributed by atoms with Crippen molar-refractivity contribution in [2.45, 2.75) is 16.2 Å². The summed E-state index contributed by atoms with van der Waals surface area (Å²) >= 11 is 1.89. The molecule has 2 aliphatic rings. The Balaban J connectivity index is 0.000000350. The normalized spacial score (nSPS) is 16.1. The molecule has 2 aromatic carbocycles. The van der Waals surface area contributed by atoms with Crippen LogP contribution in [0.2, 0.25) is 0 Å². The van der Waals surface area contributed by atoms with Gasteiger partial charge in [-0.3, -0.25) is 0 Å². The molecule has 34 heavy (non-hydrogen) atoms. The summed E-state index contributed by atoms with van der Waals surface area (Å²) in [4.78, 5) is 26.5. The van der Waals surface area contributed by atoms with Crippen LogP contribution < -0.4 is 4.90 Å². The van der Waals surface area contributed by atoms with Gasteiger partial charge < -0.3 is 24.7 Å². The monoisotopic (exact) mass is 482 g/mol. The zero-order valence-corrected chi connectivity index (χ0v) is 20.3. The Bertz CT molecular complexity index is 1060. The van der Waals surface area contributed by atoms with Gasteiger partial charge in [0.15, 0.2) is 0 Å². The highest BCUT2D eigenvalue weighted by atomic mass is 32.2. The summed E-state index contributed by atoms with van der Waals surface area (Å²) in [6.45, 7) is 4.65. The first-order chi connectivity index (χ1) is 16.3. The van der Waals surface area contributed by atoms with E-state index in [1.807, 2.05) is 11.8 Å². The summed E-state index contributed by atoms with van der Waals surface area (Å²) in [6, 6.07) is 15.7. The molecule has 0 atom stereocenters. The maximum absolute atomic E-state index is 9.55. The highest BCUT2D eigenvalue weighted by Gasteiger charge is 2.22. The molecule has 1 saturated heterocycles. The van der Waals surface area contributed by atoms with E-state index in [1.54, 1.807) is 0 Å². The fraction of sp³-hybridized carbons (Fsp3) is 0.308. The second-order valence-corrected chi connectivity index (χ2v) is 9.18. The van der Waals surface area contributed by atoms with E-state index in [9.17, 15) is 9.59 Å². The molecule has 0 bridgehead atoms. The molecule has 2 N–H and O–H groups in total. The number of anilines is 1. The summed E-state index contributed by atoms with van der Waals surface area (Å²) in [7, 11) is 4.27. The average molecular weight is 483 g/mol. The molecule has 8 heteroatoms. The Kier molecular flexibility index (Phi) is 9.33. The lowest BCUT2D eigenvalue weighted by Crippen LogP contribution is -2.36. The number of aliphatic carboxylic acids is 2. The zero-order valence-electron chi connectivity index (χ0n) is 19.4. The van der Waals surface area contributed by atoms with Crippen LogP contribution in [0.5, 0.6) is 0 Å². The maximum atomic E-state index is 9.55. The third-order valence-corrected chi connectivity index (χ3v) is 6.47. The molecular formula is C26H30N2O5S. The molecule has 0 aromatic heterocycles. The number of nitrogens with zero attached hydrogens (tertiary/aromatic N) is 2.